The maximum Gasteiger partial charge on any atom is 0.339 e. The molecule has 7 heteroatoms. The Morgan fingerprint density at radius 1 is 1.19 bits per heavy atom. The van der Waals surface area contributed by atoms with Crippen LogP contribution in [0.4, 0.5) is 0 Å². The van der Waals surface area contributed by atoms with Gasteiger partial charge in [0.25, 0.3) is 5.91 Å². The summed E-state index contributed by atoms with van der Waals surface area (Å²) >= 11 is 6.24. The molecule has 0 spiro atoms. The molecule has 0 aromatic heterocycles. The summed E-state index contributed by atoms with van der Waals surface area (Å²) < 4.78 is 16.2. The molecule has 1 saturated heterocycles. The number of rotatable bonds is 7. The van der Waals surface area contributed by atoms with Crippen molar-refractivity contribution >= 4 is 23.5 Å². The largest absolute Gasteiger partial charge is 0.493 e. The van der Waals surface area contributed by atoms with Gasteiger partial charge in [-0.25, -0.2) is 4.79 Å². The number of methoxy groups -OCH3 is 1. The summed E-state index contributed by atoms with van der Waals surface area (Å²) in [6.45, 7) is 5.49. The molecule has 1 heterocycles. The van der Waals surface area contributed by atoms with Crippen molar-refractivity contribution in [3.63, 3.8) is 0 Å². The Kier molecular flexibility index (Phi) is 8.23. The lowest BCUT2D eigenvalue weighted by Gasteiger charge is -2.24. The van der Waals surface area contributed by atoms with Crippen molar-refractivity contribution in [2.75, 3.05) is 26.8 Å². The van der Waals surface area contributed by atoms with Gasteiger partial charge in [0, 0.05) is 13.1 Å². The molecule has 1 atom stereocenters. The summed E-state index contributed by atoms with van der Waals surface area (Å²) in [5.74, 6) is -0.0280. The maximum absolute atomic E-state index is 12.6. The third kappa shape index (κ3) is 5.76. The third-order valence-electron chi connectivity index (χ3n) is 4.46. The highest BCUT2D eigenvalue weighted by Gasteiger charge is 2.26. The predicted octanol–water partition coefficient (Wildman–Crippen LogP) is 4.09. The summed E-state index contributed by atoms with van der Waals surface area (Å²) in [4.78, 5) is 26.8. The predicted molar refractivity (Wildman–Crippen MR) is 104 cm³/mol. The highest BCUT2D eigenvalue weighted by atomic mass is 35.5. The quantitative estimate of drug-likeness (QED) is 0.648. The van der Waals surface area contributed by atoms with Gasteiger partial charge in [-0.15, -0.1) is 0 Å². The van der Waals surface area contributed by atoms with E-state index in [1.807, 2.05) is 6.92 Å². The lowest BCUT2D eigenvalue weighted by Crippen LogP contribution is -2.40. The van der Waals surface area contributed by atoms with Crippen molar-refractivity contribution in [1.82, 2.24) is 4.90 Å². The van der Waals surface area contributed by atoms with E-state index in [-0.39, 0.29) is 16.5 Å². The smallest absolute Gasteiger partial charge is 0.339 e. The summed E-state index contributed by atoms with van der Waals surface area (Å²) in [7, 11) is 1.48. The van der Waals surface area contributed by atoms with Gasteiger partial charge in [-0.3, -0.25) is 4.79 Å². The van der Waals surface area contributed by atoms with Crippen molar-refractivity contribution in [3.05, 3.63) is 22.7 Å². The van der Waals surface area contributed by atoms with Gasteiger partial charge >= 0.3 is 5.97 Å². The van der Waals surface area contributed by atoms with Crippen LogP contribution in [0.2, 0.25) is 5.02 Å². The fraction of sp³-hybridized carbons (Fsp3) is 0.600. The number of ether oxygens (including phenoxy) is 3. The van der Waals surface area contributed by atoms with E-state index in [0.717, 1.165) is 32.1 Å². The molecule has 1 aromatic rings. The van der Waals surface area contributed by atoms with Gasteiger partial charge in [-0.05, 0) is 38.3 Å². The normalized spacial score (nSPS) is 15.6. The fourth-order valence-corrected chi connectivity index (χ4v) is 3.27. The second-order valence-corrected chi connectivity index (χ2v) is 7.03. The first-order chi connectivity index (χ1) is 13.0. The van der Waals surface area contributed by atoms with Gasteiger partial charge in [-0.2, -0.15) is 0 Å². The zero-order valence-corrected chi connectivity index (χ0v) is 17.0. The first-order valence-electron chi connectivity index (χ1n) is 9.48. The highest BCUT2D eigenvalue weighted by Crippen LogP contribution is 2.36. The van der Waals surface area contributed by atoms with Crippen LogP contribution in [0.5, 0.6) is 11.5 Å². The molecule has 1 amide bonds. The third-order valence-corrected chi connectivity index (χ3v) is 4.75. The Morgan fingerprint density at radius 2 is 1.85 bits per heavy atom. The van der Waals surface area contributed by atoms with Gasteiger partial charge in [-0.1, -0.05) is 31.4 Å². The average molecular weight is 398 g/mol. The van der Waals surface area contributed by atoms with Gasteiger partial charge in [0.15, 0.2) is 17.6 Å². The van der Waals surface area contributed by atoms with E-state index in [4.69, 9.17) is 25.8 Å². The average Bonchev–Trinajstić information content (AvgIpc) is 2.95. The Balaban J connectivity index is 2.07. The molecule has 1 aliphatic heterocycles. The van der Waals surface area contributed by atoms with E-state index >= 15 is 0 Å². The Morgan fingerprint density at radius 3 is 2.44 bits per heavy atom. The molecule has 1 fully saturated rings. The number of carbonyl (C=O) groups excluding carboxylic acids is 2. The first-order valence-corrected chi connectivity index (χ1v) is 9.85. The SMILES string of the molecule is CCCOc1c(Cl)cc(C(=O)OC(C)C(=O)N2CCCCCC2)cc1OC. The van der Waals surface area contributed by atoms with Crippen LogP contribution in [-0.4, -0.2) is 49.7 Å². The van der Waals surface area contributed by atoms with Gasteiger partial charge in [0.2, 0.25) is 0 Å². The van der Waals surface area contributed by atoms with E-state index < -0.39 is 12.1 Å². The van der Waals surface area contributed by atoms with Gasteiger partial charge < -0.3 is 19.1 Å². The molecular formula is C20H28ClNO5. The number of esters is 1. The molecule has 0 N–H and O–H groups in total. The summed E-state index contributed by atoms with van der Waals surface area (Å²) in [6.07, 6.45) is 4.19. The van der Waals surface area contributed by atoms with Crippen LogP contribution >= 0.6 is 11.6 Å². The fourth-order valence-electron chi connectivity index (χ4n) is 3.01. The zero-order chi connectivity index (χ0) is 19.8. The number of halogens is 1. The number of carbonyl (C=O) groups is 2. The van der Waals surface area contributed by atoms with Gasteiger partial charge in [0.1, 0.15) is 0 Å². The molecule has 6 nitrogen and oxygen atoms in total. The highest BCUT2D eigenvalue weighted by molar-refractivity contribution is 6.32. The summed E-state index contributed by atoms with van der Waals surface area (Å²) in [5, 5.41) is 0.265. The molecular weight excluding hydrogens is 370 g/mol. The number of hydrogen-bond acceptors (Lipinski definition) is 5. The maximum atomic E-state index is 12.6. The molecule has 1 aromatic carbocycles. The molecule has 0 bridgehead atoms. The van der Waals surface area contributed by atoms with E-state index in [9.17, 15) is 9.59 Å². The van der Waals surface area contributed by atoms with Crippen LogP contribution < -0.4 is 9.47 Å². The molecule has 150 valence electrons. The number of benzene rings is 1. The van der Waals surface area contributed by atoms with E-state index in [0.29, 0.717) is 31.2 Å². The molecule has 2 rings (SSSR count). The number of nitrogens with zero attached hydrogens (tertiary/aromatic N) is 1. The molecule has 0 saturated carbocycles. The molecule has 1 aliphatic rings. The number of amides is 1. The Bertz CT molecular complexity index is 656. The van der Waals surface area contributed by atoms with Crippen molar-refractivity contribution in [2.24, 2.45) is 0 Å². The number of likely N-dealkylation sites (tertiary alicyclic amines) is 1. The van der Waals surface area contributed by atoms with Crippen LogP contribution in [-0.2, 0) is 9.53 Å². The van der Waals surface area contributed by atoms with E-state index in [1.165, 1.54) is 19.2 Å². The topological polar surface area (TPSA) is 65.1 Å². The lowest BCUT2D eigenvalue weighted by atomic mass is 10.2. The van der Waals surface area contributed by atoms with Crippen LogP contribution in [0.1, 0.15) is 56.3 Å². The van der Waals surface area contributed by atoms with Crippen LogP contribution in [0.3, 0.4) is 0 Å². The minimum absolute atomic E-state index is 0.161. The minimum Gasteiger partial charge on any atom is -0.493 e. The van der Waals surface area contributed by atoms with Crippen molar-refractivity contribution in [3.8, 4) is 11.5 Å². The van der Waals surface area contributed by atoms with Gasteiger partial charge in [0.05, 0.1) is 24.3 Å². The monoisotopic (exact) mass is 397 g/mol. The van der Waals surface area contributed by atoms with Crippen molar-refractivity contribution in [2.45, 2.75) is 52.1 Å². The summed E-state index contributed by atoms with van der Waals surface area (Å²) in [6, 6.07) is 2.99. The Labute approximate surface area is 165 Å². The lowest BCUT2D eigenvalue weighted by molar-refractivity contribution is -0.139. The second kappa shape index (κ2) is 10.4. The molecule has 1 unspecified atom stereocenters. The number of hydrogen-bond donors (Lipinski definition) is 0. The Hall–Kier alpha value is -1.95. The van der Waals surface area contributed by atoms with Crippen molar-refractivity contribution in [1.29, 1.82) is 0 Å². The molecule has 0 radical (unpaired) electrons. The summed E-state index contributed by atoms with van der Waals surface area (Å²) in [5.41, 5.74) is 0.219. The van der Waals surface area contributed by atoms with Crippen LogP contribution in [0, 0.1) is 0 Å². The van der Waals surface area contributed by atoms with E-state index in [1.54, 1.807) is 11.8 Å². The molecule has 0 aliphatic carbocycles. The first kappa shape index (κ1) is 21.4. The minimum atomic E-state index is -0.851. The van der Waals surface area contributed by atoms with Crippen LogP contribution in [0.25, 0.3) is 0 Å². The zero-order valence-electron chi connectivity index (χ0n) is 16.3. The van der Waals surface area contributed by atoms with E-state index in [2.05, 4.69) is 0 Å². The van der Waals surface area contributed by atoms with Crippen LogP contribution in [0.15, 0.2) is 12.1 Å². The molecule has 27 heavy (non-hydrogen) atoms. The standard InChI is InChI=1S/C20H28ClNO5/c1-4-11-26-18-16(21)12-15(13-17(18)25-3)20(24)27-14(2)19(23)22-9-7-5-6-8-10-22/h12-14H,4-11H2,1-3H3. The van der Waals surface area contributed by atoms with Crippen molar-refractivity contribution < 1.29 is 23.8 Å². The second-order valence-electron chi connectivity index (χ2n) is 6.62.